The van der Waals surface area contributed by atoms with Gasteiger partial charge in [0.05, 0.1) is 12.0 Å². The van der Waals surface area contributed by atoms with E-state index in [9.17, 15) is 0 Å². The van der Waals surface area contributed by atoms with Gasteiger partial charge in [-0.05, 0) is 6.92 Å². The molecular formula is C6H9ClO3. The molecule has 2 N–H and O–H groups in total. The summed E-state index contributed by atoms with van der Waals surface area (Å²) in [5.74, 6) is 0.145. The summed E-state index contributed by atoms with van der Waals surface area (Å²) in [5, 5.41) is 18.1. The molecule has 4 heteroatoms. The minimum atomic E-state index is -1.01. The Morgan fingerprint density at radius 2 is 2.00 bits per heavy atom. The second kappa shape index (κ2) is 3.05. The first kappa shape index (κ1) is 8.27. The lowest BCUT2D eigenvalue weighted by molar-refractivity contribution is 0.0332. The van der Waals surface area contributed by atoms with Crippen LogP contribution in [0.15, 0.2) is 0 Å². The van der Waals surface area contributed by atoms with Gasteiger partial charge in [-0.1, -0.05) is 0 Å². The van der Waals surface area contributed by atoms with Crippen molar-refractivity contribution >= 4 is 11.6 Å². The molecule has 1 fully saturated rings. The molecule has 0 spiro atoms. The zero-order chi connectivity index (χ0) is 7.72. The number of alkyl halides is 1. The highest BCUT2D eigenvalue weighted by molar-refractivity contribution is 6.18. The van der Waals surface area contributed by atoms with Crippen LogP contribution in [0.5, 0.6) is 0 Å². The number of hydrogen-bond acceptors (Lipinski definition) is 3. The van der Waals surface area contributed by atoms with Crippen LogP contribution in [0, 0.1) is 6.92 Å². The number of rotatable bonds is 1. The summed E-state index contributed by atoms with van der Waals surface area (Å²) in [7, 11) is 0. The maximum Gasteiger partial charge on any atom is 0.110 e. The number of hydrogen-bond donors (Lipinski definition) is 2. The Bertz CT molecular complexity index is 120. The van der Waals surface area contributed by atoms with Gasteiger partial charge in [-0.15, -0.1) is 11.6 Å². The van der Waals surface area contributed by atoms with Gasteiger partial charge < -0.3 is 14.9 Å². The highest BCUT2D eigenvalue weighted by atomic mass is 35.5. The smallest absolute Gasteiger partial charge is 0.110 e. The van der Waals surface area contributed by atoms with Crippen LogP contribution < -0.4 is 0 Å². The molecule has 1 aliphatic rings. The lowest BCUT2D eigenvalue weighted by atomic mass is 10.1. The van der Waals surface area contributed by atoms with Crippen LogP contribution in [0.2, 0.25) is 0 Å². The normalized spacial score (nSPS) is 48.0. The molecule has 1 rings (SSSR count). The highest BCUT2D eigenvalue weighted by Crippen LogP contribution is 2.20. The van der Waals surface area contributed by atoms with Crippen LogP contribution in [0.1, 0.15) is 0 Å². The van der Waals surface area contributed by atoms with Gasteiger partial charge in [0.2, 0.25) is 0 Å². The van der Waals surface area contributed by atoms with Crippen LogP contribution in [0.25, 0.3) is 0 Å². The van der Waals surface area contributed by atoms with E-state index in [4.69, 9.17) is 33.5 Å². The molecule has 2 radical (unpaired) electrons. The Kier molecular flexibility index (Phi) is 2.52. The van der Waals surface area contributed by atoms with Crippen molar-refractivity contribution in [1.29, 1.82) is 0 Å². The molecular weight excluding hydrogens is 156 g/mol. The van der Waals surface area contributed by atoms with Crippen molar-refractivity contribution in [2.75, 3.05) is 5.88 Å². The zero-order valence-electron chi connectivity index (χ0n) is 5.27. The van der Waals surface area contributed by atoms with Crippen molar-refractivity contribution in [2.45, 2.75) is 24.4 Å². The summed E-state index contributed by atoms with van der Waals surface area (Å²) in [4.78, 5) is 0. The summed E-state index contributed by atoms with van der Waals surface area (Å²) < 4.78 is 4.88. The maximum absolute atomic E-state index is 9.09. The van der Waals surface area contributed by atoms with E-state index in [1.54, 1.807) is 0 Å². The third-order valence-corrected chi connectivity index (χ3v) is 1.86. The van der Waals surface area contributed by atoms with E-state index in [1.807, 2.05) is 0 Å². The molecule has 1 aliphatic heterocycles. The average Bonchev–Trinajstić information content (AvgIpc) is 2.17. The predicted octanol–water partition coefficient (Wildman–Crippen LogP) is -0.575. The SMILES string of the molecule is [CH][C@@H]1O[C@H](CCl)[C@H](O)C1O. The Morgan fingerprint density at radius 1 is 1.40 bits per heavy atom. The van der Waals surface area contributed by atoms with E-state index in [1.165, 1.54) is 0 Å². The number of ether oxygens (including phenoxy) is 1. The molecule has 0 aromatic carbocycles. The van der Waals surface area contributed by atoms with E-state index in [0.717, 1.165) is 0 Å². The lowest BCUT2D eigenvalue weighted by Crippen LogP contribution is -2.32. The summed E-state index contributed by atoms with van der Waals surface area (Å²) >= 11 is 5.38. The fourth-order valence-corrected chi connectivity index (χ4v) is 1.16. The zero-order valence-corrected chi connectivity index (χ0v) is 6.03. The monoisotopic (exact) mass is 164 g/mol. The summed E-state index contributed by atoms with van der Waals surface area (Å²) in [6, 6.07) is 0. The van der Waals surface area contributed by atoms with Crippen LogP contribution in [-0.4, -0.2) is 40.5 Å². The van der Waals surface area contributed by atoms with Crippen LogP contribution in [0.4, 0.5) is 0 Å². The molecule has 0 saturated carbocycles. The van der Waals surface area contributed by atoms with Gasteiger partial charge in [-0.25, -0.2) is 0 Å². The highest BCUT2D eigenvalue weighted by Gasteiger charge is 2.39. The number of aliphatic hydroxyl groups excluding tert-OH is 2. The second-order valence-corrected chi connectivity index (χ2v) is 2.58. The molecule has 1 heterocycles. The molecule has 3 nitrogen and oxygen atoms in total. The molecule has 10 heavy (non-hydrogen) atoms. The first-order valence-corrected chi connectivity index (χ1v) is 3.53. The molecule has 4 atom stereocenters. The van der Waals surface area contributed by atoms with Gasteiger partial charge in [0, 0.05) is 0 Å². The molecule has 0 amide bonds. The fourth-order valence-electron chi connectivity index (χ4n) is 0.905. The molecule has 58 valence electrons. The van der Waals surface area contributed by atoms with Gasteiger partial charge in [0.1, 0.15) is 18.3 Å². The van der Waals surface area contributed by atoms with Gasteiger partial charge >= 0.3 is 0 Å². The summed E-state index contributed by atoms with van der Waals surface area (Å²) in [6.07, 6.45) is -3.30. The van der Waals surface area contributed by atoms with Crippen LogP contribution in [0.3, 0.4) is 0 Å². The van der Waals surface area contributed by atoms with E-state index >= 15 is 0 Å². The molecule has 0 aromatic heterocycles. The van der Waals surface area contributed by atoms with E-state index < -0.39 is 24.4 Å². The maximum atomic E-state index is 9.09. The molecule has 0 aromatic rings. The second-order valence-electron chi connectivity index (χ2n) is 2.27. The van der Waals surface area contributed by atoms with E-state index in [0.29, 0.717) is 0 Å². The van der Waals surface area contributed by atoms with Gasteiger partial charge in [0.15, 0.2) is 0 Å². The third kappa shape index (κ3) is 1.27. The van der Waals surface area contributed by atoms with Crippen molar-refractivity contribution < 1.29 is 14.9 Å². The van der Waals surface area contributed by atoms with Gasteiger partial charge in [0.25, 0.3) is 0 Å². The van der Waals surface area contributed by atoms with E-state index in [2.05, 4.69) is 0 Å². The first-order chi connectivity index (χ1) is 4.66. The van der Waals surface area contributed by atoms with Crippen molar-refractivity contribution in [3.05, 3.63) is 6.92 Å². The van der Waals surface area contributed by atoms with Crippen LogP contribution >= 0.6 is 11.6 Å². The van der Waals surface area contributed by atoms with Crippen molar-refractivity contribution in [3.8, 4) is 0 Å². The quantitative estimate of drug-likeness (QED) is 0.510. The number of aliphatic hydroxyl groups is 2. The standard InChI is InChI=1S/C6H9ClO3/c1-3-5(8)6(9)4(2-7)10-3/h1,3-6,8-9H,2H2/t3-,4+,5?,6-/m0/s1. The third-order valence-electron chi connectivity index (χ3n) is 1.55. The fraction of sp³-hybridized carbons (Fsp3) is 0.833. The molecule has 0 bridgehead atoms. The van der Waals surface area contributed by atoms with Gasteiger partial charge in [-0.3, -0.25) is 0 Å². The van der Waals surface area contributed by atoms with Gasteiger partial charge in [-0.2, -0.15) is 0 Å². The first-order valence-electron chi connectivity index (χ1n) is 3.00. The largest absolute Gasteiger partial charge is 0.388 e. The summed E-state index contributed by atoms with van der Waals surface area (Å²) in [5.41, 5.74) is 0. The topological polar surface area (TPSA) is 49.7 Å². The average molecular weight is 165 g/mol. The Balaban J connectivity index is 2.53. The van der Waals surface area contributed by atoms with Crippen molar-refractivity contribution in [1.82, 2.24) is 0 Å². The Morgan fingerprint density at radius 3 is 2.20 bits per heavy atom. The van der Waals surface area contributed by atoms with E-state index in [-0.39, 0.29) is 5.88 Å². The minimum Gasteiger partial charge on any atom is -0.388 e. The molecule has 1 saturated heterocycles. The van der Waals surface area contributed by atoms with Crippen molar-refractivity contribution in [2.24, 2.45) is 0 Å². The minimum absolute atomic E-state index is 0.145. The van der Waals surface area contributed by atoms with Crippen molar-refractivity contribution in [3.63, 3.8) is 0 Å². The van der Waals surface area contributed by atoms with Crippen LogP contribution in [-0.2, 0) is 4.74 Å². The Hall–Kier alpha value is 0.170. The summed E-state index contributed by atoms with van der Waals surface area (Å²) in [6.45, 7) is 5.24. The predicted molar refractivity (Wildman–Crippen MR) is 35.7 cm³/mol. The molecule has 1 unspecified atom stereocenters. The number of halogens is 1. The molecule has 0 aliphatic carbocycles. The Labute approximate surface area is 64.6 Å². The lowest BCUT2D eigenvalue weighted by Gasteiger charge is -2.09.